The highest BCUT2D eigenvalue weighted by Gasteiger charge is 2.13. The molecule has 2 aromatic carbocycles. The average Bonchev–Trinajstić information content (AvgIpc) is 2.41. The van der Waals surface area contributed by atoms with Gasteiger partial charge in [-0.25, -0.2) is 0 Å². The summed E-state index contributed by atoms with van der Waals surface area (Å²) in [6.07, 6.45) is 0.768. The highest BCUT2D eigenvalue weighted by molar-refractivity contribution is 9.10. The van der Waals surface area contributed by atoms with Gasteiger partial charge in [0, 0.05) is 22.8 Å². The fourth-order valence-corrected chi connectivity index (χ4v) is 2.20. The van der Waals surface area contributed by atoms with Crippen molar-refractivity contribution in [2.24, 2.45) is 0 Å². The van der Waals surface area contributed by atoms with Crippen LogP contribution in [-0.2, 0) is 6.42 Å². The minimum atomic E-state index is -0.391. The summed E-state index contributed by atoms with van der Waals surface area (Å²) in [4.78, 5) is 10.5. The van der Waals surface area contributed by atoms with Crippen LogP contribution in [0.5, 0.6) is 0 Å². The number of rotatable bonds is 5. The normalized spacial score (nSPS) is 10.2. The largest absolute Gasteiger partial charge is 0.399 e. The van der Waals surface area contributed by atoms with Crippen molar-refractivity contribution in [2.45, 2.75) is 6.42 Å². The molecule has 0 aliphatic heterocycles. The van der Waals surface area contributed by atoms with E-state index in [0.29, 0.717) is 12.2 Å². The first-order valence-electron chi connectivity index (χ1n) is 6.08. The van der Waals surface area contributed by atoms with E-state index in [1.807, 2.05) is 24.3 Å². The smallest absolute Gasteiger partial charge is 0.292 e. The zero-order valence-corrected chi connectivity index (χ0v) is 12.3. The second-order valence-electron chi connectivity index (χ2n) is 4.34. The fourth-order valence-electron chi connectivity index (χ4n) is 1.83. The van der Waals surface area contributed by atoms with Gasteiger partial charge in [-0.2, -0.15) is 0 Å². The van der Waals surface area contributed by atoms with Crippen LogP contribution >= 0.6 is 15.9 Å². The molecule has 0 heterocycles. The van der Waals surface area contributed by atoms with Crippen molar-refractivity contribution in [3.63, 3.8) is 0 Å². The molecule has 0 saturated heterocycles. The van der Waals surface area contributed by atoms with Crippen molar-refractivity contribution in [2.75, 3.05) is 17.6 Å². The zero-order valence-electron chi connectivity index (χ0n) is 10.7. The zero-order chi connectivity index (χ0) is 14.5. The van der Waals surface area contributed by atoms with E-state index >= 15 is 0 Å². The first kappa shape index (κ1) is 14.3. The molecule has 0 unspecified atom stereocenters. The van der Waals surface area contributed by atoms with Gasteiger partial charge in [0.2, 0.25) is 0 Å². The number of anilines is 2. The van der Waals surface area contributed by atoms with Crippen molar-refractivity contribution in [1.82, 2.24) is 0 Å². The highest BCUT2D eigenvalue weighted by atomic mass is 79.9. The highest BCUT2D eigenvalue weighted by Crippen LogP contribution is 2.27. The number of nitrogens with zero attached hydrogens (tertiary/aromatic N) is 1. The predicted octanol–water partition coefficient (Wildman–Crippen LogP) is 3.59. The Hall–Kier alpha value is -2.08. The molecule has 0 bridgehead atoms. The molecule has 0 atom stereocenters. The Morgan fingerprint density at radius 3 is 2.55 bits per heavy atom. The van der Waals surface area contributed by atoms with Crippen molar-refractivity contribution in [3.8, 4) is 0 Å². The number of nitrogens with two attached hydrogens (primary N) is 1. The first-order valence-corrected chi connectivity index (χ1v) is 6.88. The number of halogens is 1. The Balaban J connectivity index is 2.02. The van der Waals surface area contributed by atoms with Crippen LogP contribution in [0.25, 0.3) is 0 Å². The van der Waals surface area contributed by atoms with E-state index in [-0.39, 0.29) is 5.69 Å². The van der Waals surface area contributed by atoms with Crippen LogP contribution in [0.15, 0.2) is 46.9 Å². The van der Waals surface area contributed by atoms with Gasteiger partial charge in [-0.15, -0.1) is 0 Å². The van der Waals surface area contributed by atoms with Crippen molar-refractivity contribution >= 4 is 33.0 Å². The topological polar surface area (TPSA) is 81.2 Å². The lowest BCUT2D eigenvalue weighted by Gasteiger charge is -2.08. The molecule has 2 rings (SSSR count). The van der Waals surface area contributed by atoms with E-state index in [1.54, 1.807) is 12.1 Å². The molecule has 5 nitrogen and oxygen atoms in total. The van der Waals surface area contributed by atoms with E-state index in [1.165, 1.54) is 6.07 Å². The lowest BCUT2D eigenvalue weighted by Crippen LogP contribution is -2.07. The Labute approximate surface area is 125 Å². The van der Waals surface area contributed by atoms with Crippen LogP contribution in [0.2, 0.25) is 0 Å². The number of hydrogen-bond acceptors (Lipinski definition) is 4. The number of hydrogen-bond donors (Lipinski definition) is 2. The minimum Gasteiger partial charge on any atom is -0.399 e. The van der Waals surface area contributed by atoms with Gasteiger partial charge in [0.1, 0.15) is 5.69 Å². The van der Waals surface area contributed by atoms with E-state index < -0.39 is 4.92 Å². The Morgan fingerprint density at radius 2 is 1.90 bits per heavy atom. The maximum absolute atomic E-state index is 10.9. The Kier molecular flexibility index (Phi) is 4.57. The van der Waals surface area contributed by atoms with Gasteiger partial charge in [-0.05, 0) is 36.2 Å². The third-order valence-corrected chi connectivity index (χ3v) is 3.36. The molecule has 2 aromatic rings. The average molecular weight is 336 g/mol. The lowest BCUT2D eigenvalue weighted by atomic mass is 10.1. The molecule has 20 heavy (non-hydrogen) atoms. The monoisotopic (exact) mass is 335 g/mol. The molecular weight excluding hydrogens is 322 g/mol. The van der Waals surface area contributed by atoms with Gasteiger partial charge in [0.25, 0.3) is 5.69 Å². The fraction of sp³-hybridized carbons (Fsp3) is 0.143. The molecule has 0 spiro atoms. The molecule has 0 fully saturated rings. The Morgan fingerprint density at radius 1 is 1.20 bits per heavy atom. The van der Waals surface area contributed by atoms with Gasteiger partial charge in [-0.1, -0.05) is 28.1 Å². The summed E-state index contributed by atoms with van der Waals surface area (Å²) in [6, 6.07) is 12.4. The van der Waals surface area contributed by atoms with E-state index in [0.717, 1.165) is 22.1 Å². The lowest BCUT2D eigenvalue weighted by molar-refractivity contribution is -0.384. The van der Waals surface area contributed by atoms with Gasteiger partial charge >= 0.3 is 0 Å². The number of benzene rings is 2. The molecule has 3 N–H and O–H groups in total. The van der Waals surface area contributed by atoms with E-state index in [4.69, 9.17) is 5.73 Å². The quantitative estimate of drug-likeness (QED) is 0.497. The molecule has 0 aliphatic rings. The molecule has 6 heteroatoms. The van der Waals surface area contributed by atoms with Gasteiger partial charge in [0.15, 0.2) is 0 Å². The van der Waals surface area contributed by atoms with E-state index in [9.17, 15) is 10.1 Å². The third-order valence-electron chi connectivity index (χ3n) is 2.86. The molecule has 0 aromatic heterocycles. The number of nitrogen functional groups attached to an aromatic ring is 1. The number of nitro benzene ring substituents is 1. The first-order chi connectivity index (χ1) is 9.56. The maximum Gasteiger partial charge on any atom is 0.292 e. The molecule has 0 saturated carbocycles. The van der Waals surface area contributed by atoms with Crippen molar-refractivity contribution < 1.29 is 4.92 Å². The van der Waals surface area contributed by atoms with Crippen molar-refractivity contribution in [1.29, 1.82) is 0 Å². The third kappa shape index (κ3) is 3.71. The Bertz CT molecular complexity index is 614. The summed E-state index contributed by atoms with van der Waals surface area (Å²) in [7, 11) is 0. The summed E-state index contributed by atoms with van der Waals surface area (Å²) in [5, 5.41) is 14.0. The second kappa shape index (κ2) is 6.38. The predicted molar refractivity (Wildman–Crippen MR) is 83.8 cm³/mol. The van der Waals surface area contributed by atoms with Crippen LogP contribution in [0.3, 0.4) is 0 Å². The maximum atomic E-state index is 10.9. The van der Waals surface area contributed by atoms with Gasteiger partial charge in [0.05, 0.1) is 4.92 Å². The van der Waals surface area contributed by atoms with Crippen LogP contribution < -0.4 is 11.1 Å². The molecular formula is C14H14BrN3O2. The number of nitrogens with one attached hydrogen (secondary N) is 1. The van der Waals surface area contributed by atoms with Crippen LogP contribution in [0, 0.1) is 10.1 Å². The molecule has 0 amide bonds. The molecule has 0 radical (unpaired) electrons. The van der Waals surface area contributed by atoms with Gasteiger partial charge in [-0.3, -0.25) is 10.1 Å². The van der Waals surface area contributed by atoms with E-state index in [2.05, 4.69) is 21.2 Å². The summed E-state index contributed by atoms with van der Waals surface area (Å²) in [5.41, 5.74) is 8.06. The second-order valence-corrected chi connectivity index (χ2v) is 5.25. The molecule has 104 valence electrons. The summed E-state index contributed by atoms with van der Waals surface area (Å²) in [6.45, 7) is 0.612. The summed E-state index contributed by atoms with van der Waals surface area (Å²) >= 11 is 3.31. The standard InChI is InChI=1S/C14H14BrN3O2/c15-11-3-6-14(18(19)20)13(9-11)17-8-7-10-1-4-12(16)5-2-10/h1-6,9,17H,7-8,16H2. The SMILES string of the molecule is Nc1ccc(CCNc2cc(Br)ccc2[N+](=O)[O-])cc1. The minimum absolute atomic E-state index is 0.0745. The van der Waals surface area contributed by atoms with Crippen LogP contribution in [0.4, 0.5) is 17.1 Å². The summed E-state index contributed by atoms with van der Waals surface area (Å²) < 4.78 is 0.804. The van der Waals surface area contributed by atoms with Crippen LogP contribution in [0.1, 0.15) is 5.56 Å². The van der Waals surface area contributed by atoms with Gasteiger partial charge < -0.3 is 11.1 Å². The van der Waals surface area contributed by atoms with Crippen LogP contribution in [-0.4, -0.2) is 11.5 Å². The number of nitro groups is 1. The van der Waals surface area contributed by atoms with Crippen molar-refractivity contribution in [3.05, 3.63) is 62.6 Å². The summed E-state index contributed by atoms with van der Waals surface area (Å²) in [5.74, 6) is 0. The molecule has 0 aliphatic carbocycles.